The van der Waals surface area contributed by atoms with E-state index in [1.807, 2.05) is 81.4 Å². The van der Waals surface area contributed by atoms with E-state index in [0.29, 0.717) is 38.0 Å². The average molecular weight is 1000 g/mol. The first-order chi connectivity index (χ1) is 33.6. The van der Waals surface area contributed by atoms with Gasteiger partial charge in [-0.2, -0.15) is 14.8 Å². The molecule has 2 aliphatic rings. The van der Waals surface area contributed by atoms with Crippen LogP contribution in [-0.2, 0) is 32.3 Å². The molecule has 0 radical (unpaired) electrons. The Kier molecular flexibility index (Phi) is 22.6. The number of methoxy groups -OCH3 is 1. The number of ether oxygens (including phenoxy) is 3. The summed E-state index contributed by atoms with van der Waals surface area (Å²) in [7, 11) is -2.53. The highest BCUT2D eigenvalue weighted by Crippen LogP contribution is 2.44. The molecule has 0 heterocycles. The molecule has 16 heteroatoms. The standard InChI is InChI=1S/C31H43N3O6S.C24H37N3O3/c1-30(2,3)40-29(36)33-27(21-24-11-6-5-7-12-24)28(35)22-34(23-31(19-10-20-32)17-8-9-18-31)41(37,38)26-15-13-25(39-4)14-16-26;1-23(2,3)30-22(29)27-20(16-19-10-5-4-6-11-19)21(28)17-26-18-24(14-9-15-25)12-7-8-13-24/h5-7,11-16,27-28,35H,8-10,17-19,21-23H2,1-4H3,(H,33,36);4-6,10-11,20-21,26,28H,7-9,12-14,16-18H2,1-3H3,(H,27,29)/t27-,28?;20-,21?/m00/s1. The van der Waals surface area contributed by atoms with Crippen LogP contribution < -0.4 is 20.7 Å². The summed E-state index contributed by atoms with van der Waals surface area (Å²) in [5, 5.41) is 49.7. The van der Waals surface area contributed by atoms with Crippen LogP contribution >= 0.6 is 0 Å². The Balaban J connectivity index is 0.000000324. The van der Waals surface area contributed by atoms with E-state index in [-0.39, 0.29) is 35.2 Å². The predicted molar refractivity (Wildman–Crippen MR) is 275 cm³/mol. The molecule has 5 N–H and O–H groups in total. The summed E-state index contributed by atoms with van der Waals surface area (Å²) in [4.78, 5) is 25.2. The number of amides is 2. The molecule has 4 atom stereocenters. The predicted octanol–water partition coefficient (Wildman–Crippen LogP) is 8.98. The van der Waals surface area contributed by atoms with E-state index in [2.05, 4.69) is 28.1 Å². The molecule has 0 aliphatic heterocycles. The van der Waals surface area contributed by atoms with Gasteiger partial charge in [-0.15, -0.1) is 0 Å². The molecule has 0 aromatic heterocycles. The Hall–Kier alpha value is -5.23. The SMILES string of the molecule is CC(C)(C)OC(=O)N[C@@H](Cc1ccccc1)C(O)CNCC1(CCC#N)CCCC1.COc1ccc(S(=O)(=O)N(CC(O)[C@H](Cc2ccccc2)NC(=O)OC(C)(C)C)CC2(CCC#N)CCCC2)cc1. The van der Waals surface area contributed by atoms with Gasteiger partial charge >= 0.3 is 12.2 Å². The summed E-state index contributed by atoms with van der Waals surface area (Å²) < 4.78 is 45.5. The van der Waals surface area contributed by atoms with Crippen LogP contribution in [0.3, 0.4) is 0 Å². The van der Waals surface area contributed by atoms with Crippen LogP contribution in [0, 0.1) is 33.5 Å². The maximum atomic E-state index is 14.1. The summed E-state index contributed by atoms with van der Waals surface area (Å²) in [5.74, 6) is 0.529. The monoisotopic (exact) mass is 1000 g/mol. The second kappa shape index (κ2) is 27.6. The van der Waals surface area contributed by atoms with Crippen LogP contribution in [0.4, 0.5) is 9.59 Å². The summed E-state index contributed by atoms with van der Waals surface area (Å²) in [6, 6.07) is 28.5. The number of nitrogens with zero attached hydrogens (tertiary/aromatic N) is 3. The van der Waals surface area contributed by atoms with Crippen molar-refractivity contribution < 1.29 is 42.4 Å². The molecule has 2 unspecified atom stereocenters. The zero-order chi connectivity index (χ0) is 52.1. The van der Waals surface area contributed by atoms with E-state index in [4.69, 9.17) is 19.5 Å². The fraction of sp³-hybridized carbons (Fsp3) is 0.600. The van der Waals surface area contributed by atoms with Crippen LogP contribution in [0.15, 0.2) is 89.8 Å². The molecule has 2 aliphatic carbocycles. The van der Waals surface area contributed by atoms with Crippen molar-refractivity contribution in [2.45, 2.75) is 172 Å². The zero-order valence-electron chi connectivity index (χ0n) is 43.1. The maximum Gasteiger partial charge on any atom is 0.407 e. The number of nitrogens with one attached hydrogen (secondary N) is 3. The molecular weight excluding hydrogens is 921 g/mol. The first kappa shape index (κ1) is 58.3. The Bertz CT molecular complexity index is 2260. The average Bonchev–Trinajstić information content (AvgIpc) is 3.99. The van der Waals surface area contributed by atoms with Crippen molar-refractivity contribution in [3.8, 4) is 17.9 Å². The topological polar surface area (TPSA) is 223 Å². The lowest BCUT2D eigenvalue weighted by Crippen LogP contribution is -2.52. The van der Waals surface area contributed by atoms with E-state index >= 15 is 0 Å². The van der Waals surface area contributed by atoms with Gasteiger partial charge in [-0.05, 0) is 139 Å². The first-order valence-corrected chi connectivity index (χ1v) is 26.6. The fourth-order valence-corrected chi connectivity index (χ4v) is 11.2. The van der Waals surface area contributed by atoms with Gasteiger partial charge in [0.1, 0.15) is 17.0 Å². The minimum absolute atomic E-state index is 0.0821. The van der Waals surface area contributed by atoms with E-state index in [1.165, 1.54) is 36.4 Å². The van der Waals surface area contributed by atoms with Crippen molar-refractivity contribution in [2.75, 3.05) is 33.3 Å². The zero-order valence-corrected chi connectivity index (χ0v) is 43.9. The van der Waals surface area contributed by atoms with Gasteiger partial charge in [0.15, 0.2) is 0 Å². The van der Waals surface area contributed by atoms with Crippen LogP contribution in [-0.4, -0.2) is 104 Å². The van der Waals surface area contributed by atoms with Gasteiger partial charge in [0.05, 0.1) is 48.4 Å². The van der Waals surface area contributed by atoms with E-state index < -0.39 is 57.7 Å². The number of carbonyl (C=O) groups is 2. The molecule has 3 aromatic rings. The number of rotatable bonds is 23. The Labute approximate surface area is 423 Å². The number of carbonyl (C=O) groups excluding carboxylic acids is 2. The third kappa shape index (κ3) is 20.1. The van der Waals surface area contributed by atoms with Crippen molar-refractivity contribution in [1.29, 1.82) is 10.5 Å². The molecule has 71 heavy (non-hydrogen) atoms. The van der Waals surface area contributed by atoms with Gasteiger partial charge in [0.2, 0.25) is 10.0 Å². The minimum Gasteiger partial charge on any atom is -0.497 e. The van der Waals surface area contributed by atoms with Gasteiger partial charge < -0.3 is 40.4 Å². The normalized spacial score (nSPS) is 17.0. The maximum absolute atomic E-state index is 14.1. The van der Waals surface area contributed by atoms with E-state index in [9.17, 15) is 33.5 Å². The summed E-state index contributed by atoms with van der Waals surface area (Å²) in [6.45, 7) is 11.8. The lowest BCUT2D eigenvalue weighted by molar-refractivity contribution is 0.0386. The molecule has 5 rings (SSSR count). The summed E-state index contributed by atoms with van der Waals surface area (Å²) >= 11 is 0. The van der Waals surface area contributed by atoms with Crippen LogP contribution in [0.2, 0.25) is 0 Å². The molecule has 2 saturated carbocycles. The van der Waals surface area contributed by atoms with Gasteiger partial charge in [0, 0.05) is 39.0 Å². The molecule has 0 bridgehead atoms. The van der Waals surface area contributed by atoms with Crippen molar-refractivity contribution >= 4 is 22.2 Å². The molecule has 390 valence electrons. The van der Waals surface area contributed by atoms with Gasteiger partial charge in [-0.3, -0.25) is 0 Å². The Morgan fingerprint density at radius 3 is 1.56 bits per heavy atom. The first-order valence-electron chi connectivity index (χ1n) is 25.1. The Morgan fingerprint density at radius 2 is 1.13 bits per heavy atom. The van der Waals surface area contributed by atoms with E-state index in [1.54, 1.807) is 32.9 Å². The van der Waals surface area contributed by atoms with Crippen LogP contribution in [0.1, 0.15) is 130 Å². The molecule has 3 aromatic carbocycles. The number of nitriles is 2. The number of aliphatic hydroxyl groups excluding tert-OH is 2. The van der Waals surface area contributed by atoms with Gasteiger partial charge in [-0.25, -0.2) is 18.0 Å². The van der Waals surface area contributed by atoms with Crippen molar-refractivity contribution in [2.24, 2.45) is 10.8 Å². The van der Waals surface area contributed by atoms with Crippen molar-refractivity contribution in [3.05, 3.63) is 96.1 Å². The molecule has 15 nitrogen and oxygen atoms in total. The highest BCUT2D eigenvalue weighted by Gasteiger charge is 2.41. The molecule has 0 saturated heterocycles. The molecular formula is C55H80N6O9S. The fourth-order valence-electron chi connectivity index (χ4n) is 9.60. The molecule has 2 amide bonds. The van der Waals surface area contributed by atoms with Gasteiger partial charge in [0.25, 0.3) is 0 Å². The second-order valence-electron chi connectivity index (χ2n) is 21.4. The largest absolute Gasteiger partial charge is 0.497 e. The summed E-state index contributed by atoms with van der Waals surface area (Å²) in [6.07, 6.45) is 8.14. The van der Waals surface area contributed by atoms with Crippen LogP contribution in [0.25, 0.3) is 0 Å². The van der Waals surface area contributed by atoms with Gasteiger partial charge in [-0.1, -0.05) is 86.3 Å². The lowest BCUT2D eigenvalue weighted by atomic mass is 9.81. The number of hydrogen-bond acceptors (Lipinski definition) is 12. The molecule has 0 spiro atoms. The highest BCUT2D eigenvalue weighted by molar-refractivity contribution is 7.89. The highest BCUT2D eigenvalue weighted by atomic mass is 32.2. The van der Waals surface area contributed by atoms with Crippen molar-refractivity contribution in [1.82, 2.24) is 20.3 Å². The third-order valence-corrected chi connectivity index (χ3v) is 15.1. The summed E-state index contributed by atoms with van der Waals surface area (Å²) in [5.41, 5.74) is 0.370. The minimum atomic E-state index is -4.04. The van der Waals surface area contributed by atoms with E-state index in [0.717, 1.165) is 62.6 Å². The molecule has 2 fully saturated rings. The second-order valence-corrected chi connectivity index (χ2v) is 23.3. The lowest BCUT2D eigenvalue weighted by Gasteiger charge is -2.37. The smallest absolute Gasteiger partial charge is 0.407 e. The number of hydrogen-bond donors (Lipinski definition) is 5. The third-order valence-electron chi connectivity index (χ3n) is 13.2. The van der Waals surface area contributed by atoms with Crippen LogP contribution in [0.5, 0.6) is 5.75 Å². The quantitative estimate of drug-likeness (QED) is 0.0601. The number of benzene rings is 3. The Morgan fingerprint density at radius 1 is 0.690 bits per heavy atom. The number of alkyl carbamates (subject to hydrolysis) is 2. The van der Waals surface area contributed by atoms with Crippen molar-refractivity contribution in [3.63, 3.8) is 0 Å². The number of aliphatic hydroxyl groups is 2. The number of sulfonamides is 1.